The molecule has 0 bridgehead atoms. The van der Waals surface area contributed by atoms with E-state index < -0.39 is 75.2 Å². The third-order valence-electron chi connectivity index (χ3n) is 7.85. The minimum atomic E-state index is -1.86. The number of nitrogens with one attached hydrogen (secondary N) is 3. The van der Waals surface area contributed by atoms with E-state index in [1.807, 2.05) is 0 Å². The number of nitrogens with zero attached hydrogens (tertiary/aromatic N) is 7. The van der Waals surface area contributed by atoms with Gasteiger partial charge in [0.05, 0.1) is 11.9 Å². The fourth-order valence-electron chi connectivity index (χ4n) is 4.98. The molecule has 1 saturated heterocycles. The highest BCUT2D eigenvalue weighted by molar-refractivity contribution is 8.00. The zero-order chi connectivity index (χ0) is 40.4. The van der Waals surface area contributed by atoms with Crippen molar-refractivity contribution in [3.63, 3.8) is 0 Å². The molecule has 0 saturated carbocycles. The lowest BCUT2D eigenvalue weighted by Gasteiger charge is -2.49. The van der Waals surface area contributed by atoms with Crippen LogP contribution in [0.4, 0.5) is 5.13 Å². The van der Waals surface area contributed by atoms with Crippen LogP contribution in [0.15, 0.2) is 50.4 Å². The molecule has 4 amide bonds. The lowest BCUT2D eigenvalue weighted by atomic mass is 10.0. The molecule has 2 aromatic heterocycles. The van der Waals surface area contributed by atoms with Crippen LogP contribution >= 0.6 is 23.3 Å². The molecule has 5 rings (SSSR count). The summed E-state index contributed by atoms with van der Waals surface area (Å²) in [7, 11) is 0. The van der Waals surface area contributed by atoms with Crippen LogP contribution in [-0.2, 0) is 28.8 Å². The number of amidine groups is 1. The number of aliphatic carboxylic acids is 2. The Hall–Kier alpha value is -6.70. The number of anilines is 1. The number of carbonyl (C=O) groups is 6. The Labute approximate surface area is 316 Å². The molecule has 1 fully saturated rings. The topological polar surface area (TPSA) is 360 Å². The molecule has 55 heavy (non-hydrogen) atoms. The van der Waals surface area contributed by atoms with Gasteiger partial charge in [0, 0.05) is 49.1 Å². The van der Waals surface area contributed by atoms with Crippen molar-refractivity contribution in [2.24, 2.45) is 15.9 Å². The van der Waals surface area contributed by atoms with Crippen molar-refractivity contribution in [1.82, 2.24) is 39.8 Å². The highest BCUT2D eigenvalue weighted by atomic mass is 32.2. The van der Waals surface area contributed by atoms with Crippen LogP contribution < -0.4 is 32.8 Å². The summed E-state index contributed by atoms with van der Waals surface area (Å²) in [4.78, 5) is 103. The van der Waals surface area contributed by atoms with Crippen LogP contribution in [0.25, 0.3) is 0 Å². The summed E-state index contributed by atoms with van der Waals surface area (Å²) in [5.74, 6) is -7.10. The van der Waals surface area contributed by atoms with Gasteiger partial charge in [-0.3, -0.25) is 28.9 Å². The number of aromatic hydroxyl groups is 1. The van der Waals surface area contributed by atoms with E-state index in [0.717, 1.165) is 28.2 Å². The molecular weight excluding hydrogens is 773 g/mol. The van der Waals surface area contributed by atoms with Crippen LogP contribution in [0.5, 0.6) is 5.75 Å². The van der Waals surface area contributed by atoms with Gasteiger partial charge in [0.1, 0.15) is 35.3 Å². The fourth-order valence-corrected chi connectivity index (χ4v) is 6.75. The molecule has 292 valence electrons. The van der Waals surface area contributed by atoms with Crippen LogP contribution in [0, 0.1) is 0 Å². The molecule has 0 aliphatic carbocycles. The van der Waals surface area contributed by atoms with E-state index in [4.69, 9.17) is 16.3 Å². The third kappa shape index (κ3) is 8.59. The van der Waals surface area contributed by atoms with E-state index in [-0.39, 0.29) is 64.8 Å². The Morgan fingerprint density at radius 3 is 2.55 bits per heavy atom. The second-order valence-corrected chi connectivity index (χ2v) is 14.1. The molecule has 3 aliphatic rings. The molecule has 11 N–H and O–H groups in total. The lowest BCUT2D eigenvalue weighted by Crippen LogP contribution is -2.71. The summed E-state index contributed by atoms with van der Waals surface area (Å²) in [5, 5.41) is 48.8. The van der Waals surface area contributed by atoms with E-state index in [1.165, 1.54) is 24.9 Å². The number of pyridine rings is 1. The first-order chi connectivity index (χ1) is 25.9. The number of carboxylic acids is 2. The number of nitrogens with two attached hydrogens (primary N) is 2. The largest absolute Gasteiger partial charge is 0.503 e. The minimum Gasteiger partial charge on any atom is -0.503 e. The van der Waals surface area contributed by atoms with Gasteiger partial charge in [-0.25, -0.2) is 14.6 Å². The van der Waals surface area contributed by atoms with Gasteiger partial charge in [-0.05, 0) is 19.4 Å². The number of rotatable bonds is 14. The minimum absolute atomic E-state index is 0.0339. The molecule has 5 heterocycles. The van der Waals surface area contributed by atoms with Gasteiger partial charge in [-0.2, -0.15) is 14.1 Å². The maximum atomic E-state index is 13.4. The zero-order valence-electron chi connectivity index (χ0n) is 28.6. The SMILES string of the molecule is CC(C)(O/N=C(\C(=O)N[C@@H]1C(=O)N2C(C(=O)O)=C(CN3C=C(NC(=O)CCNC(=O)c4cc(=O)c(O)cn4O)C(N)=NC3)CSC12)c1nsc(N)n1)C(=O)O. The van der Waals surface area contributed by atoms with Gasteiger partial charge in [-0.1, -0.05) is 5.16 Å². The van der Waals surface area contributed by atoms with E-state index in [2.05, 4.69) is 35.5 Å². The van der Waals surface area contributed by atoms with Crippen molar-refractivity contribution in [2.45, 2.75) is 37.3 Å². The zero-order valence-corrected chi connectivity index (χ0v) is 30.2. The van der Waals surface area contributed by atoms with E-state index in [9.17, 15) is 54.1 Å². The molecule has 26 heteroatoms. The Morgan fingerprint density at radius 1 is 1.16 bits per heavy atom. The number of carbonyl (C=O) groups excluding carboxylic acids is 4. The van der Waals surface area contributed by atoms with Crippen molar-refractivity contribution in [3.8, 4) is 5.75 Å². The number of oxime groups is 1. The molecule has 1 unspecified atom stereocenters. The predicted molar refractivity (Wildman–Crippen MR) is 189 cm³/mol. The maximum Gasteiger partial charge on any atom is 0.352 e. The number of aromatic nitrogens is 3. The number of thioether (sulfide) groups is 1. The smallest absolute Gasteiger partial charge is 0.352 e. The number of β-lactam (4-membered cyclic amide) rings is 1. The Balaban J connectivity index is 1.23. The summed E-state index contributed by atoms with van der Waals surface area (Å²) in [6, 6.07) is -0.508. The predicted octanol–water partition coefficient (Wildman–Crippen LogP) is -3.04. The molecule has 0 aromatic carbocycles. The van der Waals surface area contributed by atoms with E-state index in [0.29, 0.717) is 17.8 Å². The highest BCUT2D eigenvalue weighted by Crippen LogP contribution is 2.40. The quantitative estimate of drug-likeness (QED) is 0.0396. The average Bonchev–Trinajstić information content (AvgIpc) is 3.55. The van der Waals surface area contributed by atoms with Gasteiger partial charge in [0.2, 0.25) is 28.5 Å². The number of fused-ring (bicyclic) bond motifs is 1. The fraction of sp³-hybridized carbons (Fsp3) is 0.345. The Morgan fingerprint density at radius 2 is 1.89 bits per heavy atom. The van der Waals surface area contributed by atoms with E-state index in [1.54, 1.807) is 0 Å². The normalized spacial score (nSPS) is 18.4. The Bertz CT molecular complexity index is 2160. The highest BCUT2D eigenvalue weighted by Gasteiger charge is 2.54. The molecule has 3 aliphatic heterocycles. The summed E-state index contributed by atoms with van der Waals surface area (Å²) in [6.07, 6.45) is 1.79. The van der Waals surface area contributed by atoms with Gasteiger partial charge < -0.3 is 57.7 Å². The number of aliphatic imine (C=N–C) groups is 1. The lowest BCUT2D eigenvalue weighted by molar-refractivity contribution is -0.161. The van der Waals surface area contributed by atoms with Crippen LogP contribution in [0.2, 0.25) is 0 Å². The summed E-state index contributed by atoms with van der Waals surface area (Å²) in [5.41, 5.74) is 7.85. The third-order valence-corrected chi connectivity index (χ3v) is 9.73. The first kappa shape index (κ1) is 39.5. The maximum absolute atomic E-state index is 13.4. The van der Waals surface area contributed by atoms with Gasteiger partial charge in [-0.15, -0.1) is 11.8 Å². The van der Waals surface area contributed by atoms with Crippen molar-refractivity contribution in [2.75, 3.05) is 31.2 Å². The number of amides is 4. The van der Waals surface area contributed by atoms with Crippen LogP contribution in [-0.4, -0.2) is 134 Å². The molecule has 2 atom stereocenters. The number of hydrogen-bond donors (Lipinski definition) is 9. The van der Waals surface area contributed by atoms with Crippen molar-refractivity contribution in [3.05, 3.63) is 57.2 Å². The molecule has 0 spiro atoms. The van der Waals surface area contributed by atoms with Crippen molar-refractivity contribution in [1.29, 1.82) is 0 Å². The number of nitrogen functional groups attached to an aromatic ring is 1. The standard InChI is InChI=1S/C29H32N12O12S2/c1-29(2,27(50)51)53-37-17(21-36-28(31)55-38-21)23(46)35-18-24(47)41-19(26(48)49)11(9-54-25(18)41)6-39-7-12(20(30)33-10-39)34-16(44)3-4-32-22(45)13-5-14(42)15(43)8-40(13)52/h5,7-8,18,25,43,52H,3-4,6,9-10H2,1-2H3,(H2,30,33)(H,32,45)(H,34,44)(H,35,46)(H,48,49)(H,50,51)(H2,31,36,38)/b37-17-/t18-,25?/m1/s1. The molecule has 2 aromatic rings. The molecule has 0 radical (unpaired) electrons. The first-order valence-electron chi connectivity index (χ1n) is 15.7. The summed E-state index contributed by atoms with van der Waals surface area (Å²) < 4.78 is 4.17. The van der Waals surface area contributed by atoms with Gasteiger partial charge in [0.15, 0.2) is 10.9 Å². The van der Waals surface area contributed by atoms with Gasteiger partial charge >= 0.3 is 11.9 Å². The van der Waals surface area contributed by atoms with Crippen molar-refractivity contribution >= 4 is 75.5 Å². The summed E-state index contributed by atoms with van der Waals surface area (Å²) in [6.45, 7) is 2.05. The first-order valence-corrected chi connectivity index (χ1v) is 17.5. The summed E-state index contributed by atoms with van der Waals surface area (Å²) >= 11 is 1.88. The monoisotopic (exact) mass is 804 g/mol. The number of carboxylic acid groups (broad SMARTS) is 2. The second-order valence-electron chi connectivity index (χ2n) is 12.2. The molecular formula is C29H32N12O12S2. The van der Waals surface area contributed by atoms with Crippen LogP contribution in [0.1, 0.15) is 36.6 Å². The molecule has 24 nitrogen and oxygen atoms in total. The average molecular weight is 805 g/mol. The Kier molecular flexibility index (Phi) is 11.3. The van der Waals surface area contributed by atoms with Crippen molar-refractivity contribution < 1.29 is 54.1 Å². The number of hydrogen-bond acceptors (Lipinski definition) is 19. The second kappa shape index (κ2) is 15.7. The van der Waals surface area contributed by atoms with Gasteiger partial charge in [0.25, 0.3) is 17.7 Å². The van der Waals surface area contributed by atoms with E-state index >= 15 is 0 Å². The van der Waals surface area contributed by atoms with Crippen LogP contribution in [0.3, 0.4) is 0 Å².